The van der Waals surface area contributed by atoms with Crippen molar-refractivity contribution in [3.05, 3.63) is 12.4 Å². The lowest BCUT2D eigenvalue weighted by Gasteiger charge is -2.23. The van der Waals surface area contributed by atoms with Crippen LogP contribution in [0.1, 0.15) is 20.3 Å². The summed E-state index contributed by atoms with van der Waals surface area (Å²) in [5.41, 5.74) is -0.393. The van der Waals surface area contributed by atoms with Crippen LogP contribution in [0.5, 0.6) is 0 Å². The van der Waals surface area contributed by atoms with Crippen molar-refractivity contribution in [2.45, 2.75) is 20.3 Å². The largest absolute Gasteiger partial charge is 0.481 e. The Kier molecular flexibility index (Phi) is 4.30. The molecule has 1 atom stereocenters. The van der Waals surface area contributed by atoms with Crippen LogP contribution in [-0.2, 0) is 11.8 Å². The average Bonchev–Trinajstić information content (AvgIpc) is 2.71. The summed E-state index contributed by atoms with van der Waals surface area (Å²) in [6, 6.07) is -0.441. The SMILES string of the molecule is CCC(C)(CNC(=O)Nc1cnn(C)c1)C(=O)O. The molecular weight excluding hydrogens is 236 g/mol. The molecule has 0 spiro atoms. The van der Waals surface area contributed by atoms with E-state index in [-0.39, 0.29) is 6.54 Å². The number of aliphatic carboxylic acids is 1. The highest BCUT2D eigenvalue weighted by molar-refractivity contribution is 5.89. The Morgan fingerprint density at radius 1 is 1.56 bits per heavy atom. The van der Waals surface area contributed by atoms with Gasteiger partial charge in [-0.05, 0) is 13.3 Å². The van der Waals surface area contributed by atoms with E-state index in [2.05, 4.69) is 15.7 Å². The Bertz CT molecular complexity index is 443. The number of hydrogen-bond acceptors (Lipinski definition) is 3. The van der Waals surface area contributed by atoms with E-state index in [9.17, 15) is 9.59 Å². The maximum absolute atomic E-state index is 11.6. The number of hydrogen-bond donors (Lipinski definition) is 3. The van der Waals surface area contributed by atoms with Gasteiger partial charge in [0.2, 0.25) is 0 Å². The van der Waals surface area contributed by atoms with Gasteiger partial charge in [0.25, 0.3) is 0 Å². The van der Waals surface area contributed by atoms with Crippen LogP contribution in [0.15, 0.2) is 12.4 Å². The lowest BCUT2D eigenvalue weighted by Crippen LogP contribution is -2.42. The number of nitrogens with zero attached hydrogens (tertiary/aromatic N) is 2. The maximum atomic E-state index is 11.6. The first kappa shape index (κ1) is 14.0. The fourth-order valence-corrected chi connectivity index (χ4v) is 1.29. The zero-order chi connectivity index (χ0) is 13.8. The number of aromatic nitrogens is 2. The van der Waals surface area contributed by atoms with Gasteiger partial charge in [-0.1, -0.05) is 6.92 Å². The molecule has 7 nitrogen and oxygen atoms in total. The van der Waals surface area contributed by atoms with E-state index in [1.807, 2.05) is 0 Å². The predicted octanol–water partition coefficient (Wildman–Crippen LogP) is 1.04. The van der Waals surface area contributed by atoms with Gasteiger partial charge in [-0.2, -0.15) is 5.10 Å². The Morgan fingerprint density at radius 3 is 2.67 bits per heavy atom. The highest BCUT2D eigenvalue weighted by Crippen LogP contribution is 2.19. The molecule has 1 aromatic heterocycles. The second-order valence-corrected chi connectivity index (χ2v) is 4.43. The zero-order valence-electron chi connectivity index (χ0n) is 10.7. The van der Waals surface area contributed by atoms with E-state index in [1.165, 1.54) is 6.20 Å². The number of carboxylic acids is 1. The summed E-state index contributed by atoms with van der Waals surface area (Å²) in [6.07, 6.45) is 3.60. The van der Waals surface area contributed by atoms with Crippen LogP contribution < -0.4 is 10.6 Å². The number of rotatable bonds is 5. The molecule has 0 aromatic carbocycles. The van der Waals surface area contributed by atoms with Crippen molar-refractivity contribution in [3.8, 4) is 0 Å². The van der Waals surface area contributed by atoms with Gasteiger partial charge in [-0.15, -0.1) is 0 Å². The van der Waals surface area contributed by atoms with Crippen LogP contribution in [0.2, 0.25) is 0 Å². The molecule has 0 aliphatic carbocycles. The van der Waals surface area contributed by atoms with Gasteiger partial charge in [-0.3, -0.25) is 9.48 Å². The topological polar surface area (TPSA) is 96.3 Å². The summed E-state index contributed by atoms with van der Waals surface area (Å²) in [5.74, 6) is -0.924. The normalized spacial score (nSPS) is 13.7. The molecule has 100 valence electrons. The number of carbonyl (C=O) groups excluding carboxylic acids is 1. The number of amides is 2. The van der Waals surface area contributed by atoms with Crippen molar-refractivity contribution >= 4 is 17.7 Å². The number of nitrogens with one attached hydrogen (secondary N) is 2. The minimum absolute atomic E-state index is 0.0743. The predicted molar refractivity (Wildman–Crippen MR) is 66.3 cm³/mol. The number of urea groups is 1. The van der Waals surface area contributed by atoms with Crippen LogP contribution in [0, 0.1) is 5.41 Å². The first-order valence-corrected chi connectivity index (χ1v) is 5.64. The molecule has 0 saturated carbocycles. The number of anilines is 1. The second kappa shape index (κ2) is 5.52. The van der Waals surface area contributed by atoms with E-state index >= 15 is 0 Å². The van der Waals surface area contributed by atoms with E-state index in [4.69, 9.17) is 5.11 Å². The van der Waals surface area contributed by atoms with Crippen LogP contribution in [0.3, 0.4) is 0 Å². The fraction of sp³-hybridized carbons (Fsp3) is 0.545. The quantitative estimate of drug-likeness (QED) is 0.731. The van der Waals surface area contributed by atoms with Crippen molar-refractivity contribution in [1.82, 2.24) is 15.1 Å². The monoisotopic (exact) mass is 254 g/mol. The first-order valence-electron chi connectivity index (χ1n) is 5.64. The number of carboxylic acid groups (broad SMARTS) is 1. The van der Waals surface area contributed by atoms with Gasteiger partial charge in [0.1, 0.15) is 0 Å². The number of carbonyl (C=O) groups is 2. The Balaban J connectivity index is 2.48. The van der Waals surface area contributed by atoms with Crippen molar-refractivity contribution in [2.75, 3.05) is 11.9 Å². The molecule has 1 aromatic rings. The summed E-state index contributed by atoms with van der Waals surface area (Å²) < 4.78 is 1.56. The van der Waals surface area contributed by atoms with Gasteiger partial charge in [0, 0.05) is 19.8 Å². The maximum Gasteiger partial charge on any atom is 0.319 e. The Labute approximate surface area is 105 Å². The molecule has 18 heavy (non-hydrogen) atoms. The Hall–Kier alpha value is -2.05. The molecule has 1 rings (SSSR count). The molecule has 7 heteroatoms. The lowest BCUT2D eigenvalue weighted by molar-refractivity contribution is -0.147. The van der Waals surface area contributed by atoms with E-state index < -0.39 is 17.4 Å². The van der Waals surface area contributed by atoms with Crippen LogP contribution in [0.4, 0.5) is 10.5 Å². The van der Waals surface area contributed by atoms with E-state index in [1.54, 1.807) is 31.8 Å². The summed E-state index contributed by atoms with van der Waals surface area (Å²) in [4.78, 5) is 22.6. The highest BCUT2D eigenvalue weighted by atomic mass is 16.4. The van der Waals surface area contributed by atoms with Gasteiger partial charge in [0.05, 0.1) is 17.3 Å². The van der Waals surface area contributed by atoms with Crippen molar-refractivity contribution in [1.29, 1.82) is 0 Å². The summed E-state index contributed by atoms with van der Waals surface area (Å²) in [5, 5.41) is 18.1. The van der Waals surface area contributed by atoms with Crippen LogP contribution in [-0.4, -0.2) is 33.4 Å². The van der Waals surface area contributed by atoms with E-state index in [0.29, 0.717) is 12.1 Å². The minimum atomic E-state index is -0.952. The first-order chi connectivity index (χ1) is 8.37. The minimum Gasteiger partial charge on any atom is -0.481 e. The van der Waals surface area contributed by atoms with Crippen LogP contribution in [0.25, 0.3) is 0 Å². The molecular formula is C11H18N4O3. The molecule has 0 radical (unpaired) electrons. The zero-order valence-corrected chi connectivity index (χ0v) is 10.7. The van der Waals surface area contributed by atoms with Crippen molar-refractivity contribution < 1.29 is 14.7 Å². The fourth-order valence-electron chi connectivity index (χ4n) is 1.29. The summed E-state index contributed by atoms with van der Waals surface area (Å²) in [6.45, 7) is 3.44. The van der Waals surface area contributed by atoms with Gasteiger partial charge in [0.15, 0.2) is 0 Å². The van der Waals surface area contributed by atoms with Crippen LogP contribution >= 0.6 is 0 Å². The van der Waals surface area contributed by atoms with Gasteiger partial charge >= 0.3 is 12.0 Å². The molecule has 0 aliphatic rings. The van der Waals surface area contributed by atoms with Crippen molar-refractivity contribution in [3.63, 3.8) is 0 Å². The molecule has 2 amide bonds. The third-order valence-electron chi connectivity index (χ3n) is 2.90. The van der Waals surface area contributed by atoms with Gasteiger partial charge in [-0.25, -0.2) is 4.79 Å². The van der Waals surface area contributed by atoms with Crippen molar-refractivity contribution in [2.24, 2.45) is 12.5 Å². The van der Waals surface area contributed by atoms with E-state index in [0.717, 1.165) is 0 Å². The molecule has 0 aliphatic heterocycles. The number of aryl methyl sites for hydroxylation is 1. The summed E-state index contributed by atoms with van der Waals surface area (Å²) in [7, 11) is 1.74. The molecule has 0 saturated heterocycles. The van der Waals surface area contributed by atoms with Gasteiger partial charge < -0.3 is 15.7 Å². The Morgan fingerprint density at radius 2 is 2.22 bits per heavy atom. The lowest BCUT2D eigenvalue weighted by atomic mass is 9.88. The molecule has 1 heterocycles. The third kappa shape index (κ3) is 3.47. The molecule has 3 N–H and O–H groups in total. The second-order valence-electron chi connectivity index (χ2n) is 4.43. The molecule has 0 fully saturated rings. The molecule has 0 bridgehead atoms. The average molecular weight is 254 g/mol. The summed E-state index contributed by atoms with van der Waals surface area (Å²) >= 11 is 0. The smallest absolute Gasteiger partial charge is 0.319 e. The standard InChI is InChI=1S/C11H18N4O3/c1-4-11(2,9(16)17)7-12-10(18)14-8-5-13-15(3)6-8/h5-6H,4,7H2,1-3H3,(H,16,17)(H2,12,14,18). The highest BCUT2D eigenvalue weighted by Gasteiger charge is 2.31. The molecule has 1 unspecified atom stereocenters. The third-order valence-corrected chi connectivity index (χ3v) is 2.90.